The smallest absolute Gasteiger partial charge is 0.162 e. The van der Waals surface area contributed by atoms with Crippen molar-refractivity contribution in [3.63, 3.8) is 0 Å². The molecule has 5 nitrogen and oxygen atoms in total. The molecular weight excluding hydrogens is 483 g/mol. The summed E-state index contributed by atoms with van der Waals surface area (Å²) in [7, 11) is 3.25. The average molecular weight is 514 g/mol. The minimum absolute atomic E-state index is 0.0296. The summed E-state index contributed by atoms with van der Waals surface area (Å²) in [5.74, 6) is -2.64. The normalized spacial score (nSPS) is 20.1. The van der Waals surface area contributed by atoms with Gasteiger partial charge in [-0.2, -0.15) is 0 Å². The number of hydrogen-bond donors (Lipinski definition) is 1. The van der Waals surface area contributed by atoms with Crippen LogP contribution >= 0.6 is 0 Å². The van der Waals surface area contributed by atoms with E-state index >= 15 is 4.39 Å². The molecule has 0 spiro atoms. The van der Waals surface area contributed by atoms with Crippen LogP contribution in [-0.2, 0) is 9.47 Å². The number of phenolic OH excluding ortho intramolecular Hbond substituents is 1. The van der Waals surface area contributed by atoms with Crippen LogP contribution in [0.15, 0.2) is 54.6 Å². The molecule has 5 rings (SSSR count). The highest BCUT2D eigenvalue weighted by atomic mass is 19.2. The molecule has 3 aromatic rings. The van der Waals surface area contributed by atoms with Crippen molar-refractivity contribution in [2.45, 2.75) is 31.0 Å². The van der Waals surface area contributed by atoms with E-state index in [1.807, 2.05) is 11.0 Å². The Bertz CT molecular complexity index is 1260. The van der Waals surface area contributed by atoms with Gasteiger partial charge in [-0.25, -0.2) is 13.2 Å². The highest BCUT2D eigenvalue weighted by Gasteiger charge is 2.36. The zero-order chi connectivity index (χ0) is 26.1. The van der Waals surface area contributed by atoms with Gasteiger partial charge < -0.3 is 24.2 Å². The lowest BCUT2D eigenvalue weighted by Crippen LogP contribution is -2.39. The molecule has 196 valence electrons. The highest BCUT2D eigenvalue weighted by Crippen LogP contribution is 2.48. The van der Waals surface area contributed by atoms with Crippen molar-refractivity contribution in [3.8, 4) is 11.5 Å². The van der Waals surface area contributed by atoms with Crippen LogP contribution in [0, 0.1) is 23.4 Å². The lowest BCUT2D eigenvalue weighted by Gasteiger charge is -2.37. The number of fused-ring (bicyclic) bond motifs is 1. The monoisotopic (exact) mass is 513 g/mol. The number of halogens is 3. The zero-order valence-corrected chi connectivity index (χ0v) is 20.8. The Balaban J connectivity index is 1.47. The van der Waals surface area contributed by atoms with E-state index in [9.17, 15) is 13.9 Å². The molecule has 1 unspecified atom stereocenters. The third kappa shape index (κ3) is 4.88. The molecule has 0 saturated carbocycles. The van der Waals surface area contributed by atoms with Gasteiger partial charge in [-0.1, -0.05) is 24.3 Å². The molecule has 0 aromatic heterocycles. The molecule has 37 heavy (non-hydrogen) atoms. The Hall–Kier alpha value is -3.23. The van der Waals surface area contributed by atoms with E-state index in [0.717, 1.165) is 18.9 Å². The largest absolute Gasteiger partial charge is 0.508 e. The van der Waals surface area contributed by atoms with Gasteiger partial charge in [-0.05, 0) is 48.2 Å². The number of methoxy groups -OCH3 is 2. The summed E-state index contributed by atoms with van der Waals surface area (Å²) in [4.78, 5) is 2.01. The molecule has 0 radical (unpaired) electrons. The number of rotatable bonds is 6. The number of aromatic hydroxyl groups is 1. The molecule has 2 atom stereocenters. The Labute approximate surface area is 214 Å². The third-order valence-corrected chi connectivity index (χ3v) is 7.59. The SMILES string of the molecule is COC(OC)C1CCN(c2ccc(C3c4ccc(O)cc4OC[C@H]3c3cccc(F)c3F)cc2F)CC1. The predicted octanol–water partition coefficient (Wildman–Crippen LogP) is 5.95. The standard InChI is InChI=1S/C29H30F3NO4/c1-35-29(36-2)17-10-12-33(13-11-17)25-9-6-18(14-24(25)31)27-21-8-7-19(34)15-26(21)37-16-22(27)20-4-3-5-23(30)28(20)32/h3-9,14-15,17,22,27,29,34H,10-13,16H2,1-2H3/t22-,27?/m0/s1. The van der Waals surface area contributed by atoms with Crippen molar-refractivity contribution in [2.75, 3.05) is 38.8 Å². The first-order chi connectivity index (χ1) is 17.9. The van der Waals surface area contributed by atoms with Gasteiger partial charge in [0.2, 0.25) is 0 Å². The van der Waals surface area contributed by atoms with Crippen LogP contribution in [0.25, 0.3) is 0 Å². The van der Waals surface area contributed by atoms with Crippen LogP contribution in [0.2, 0.25) is 0 Å². The van der Waals surface area contributed by atoms with Gasteiger partial charge in [0, 0.05) is 56.7 Å². The first-order valence-corrected chi connectivity index (χ1v) is 12.4. The van der Waals surface area contributed by atoms with Crippen LogP contribution in [-0.4, -0.2) is 45.3 Å². The molecule has 0 aliphatic carbocycles. The van der Waals surface area contributed by atoms with Gasteiger partial charge in [0.15, 0.2) is 17.9 Å². The van der Waals surface area contributed by atoms with Crippen LogP contribution in [0.5, 0.6) is 11.5 Å². The van der Waals surface area contributed by atoms with Gasteiger partial charge in [-0.15, -0.1) is 0 Å². The van der Waals surface area contributed by atoms with Gasteiger partial charge in [0.25, 0.3) is 0 Å². The van der Waals surface area contributed by atoms with Gasteiger partial charge in [0.1, 0.15) is 17.3 Å². The van der Waals surface area contributed by atoms with Crippen molar-refractivity contribution < 1.29 is 32.5 Å². The molecule has 3 aromatic carbocycles. The molecule has 1 saturated heterocycles. The summed E-state index contributed by atoms with van der Waals surface area (Å²) in [6.07, 6.45) is 1.35. The number of anilines is 1. The second kappa shape index (κ2) is 10.6. The first-order valence-electron chi connectivity index (χ1n) is 12.4. The summed E-state index contributed by atoms with van der Waals surface area (Å²) >= 11 is 0. The number of nitrogens with zero attached hydrogens (tertiary/aromatic N) is 1. The Morgan fingerprint density at radius 2 is 1.68 bits per heavy atom. The second-order valence-corrected chi connectivity index (χ2v) is 9.64. The average Bonchev–Trinajstić information content (AvgIpc) is 2.91. The number of phenols is 1. The van der Waals surface area contributed by atoms with Crippen molar-refractivity contribution in [3.05, 3.63) is 88.7 Å². The molecule has 1 fully saturated rings. The van der Waals surface area contributed by atoms with E-state index in [1.54, 1.807) is 26.4 Å². The molecular formula is C29H30F3NO4. The van der Waals surface area contributed by atoms with Crippen LogP contribution in [0.1, 0.15) is 41.4 Å². The fraction of sp³-hybridized carbons (Fsp3) is 0.379. The maximum absolute atomic E-state index is 15.6. The van der Waals surface area contributed by atoms with E-state index in [1.165, 1.54) is 30.3 Å². The second-order valence-electron chi connectivity index (χ2n) is 9.64. The lowest BCUT2D eigenvalue weighted by molar-refractivity contribution is -0.141. The van der Waals surface area contributed by atoms with Crippen LogP contribution in [0.4, 0.5) is 18.9 Å². The van der Waals surface area contributed by atoms with E-state index in [-0.39, 0.29) is 35.9 Å². The van der Waals surface area contributed by atoms with E-state index in [4.69, 9.17) is 14.2 Å². The van der Waals surface area contributed by atoms with Crippen molar-refractivity contribution in [1.29, 1.82) is 0 Å². The van der Waals surface area contributed by atoms with Gasteiger partial charge in [-0.3, -0.25) is 0 Å². The summed E-state index contributed by atoms with van der Waals surface area (Å²) in [6.45, 7) is 1.39. The fourth-order valence-corrected chi connectivity index (χ4v) is 5.75. The number of ether oxygens (including phenoxy) is 3. The van der Waals surface area contributed by atoms with Crippen molar-refractivity contribution >= 4 is 5.69 Å². The summed E-state index contributed by atoms with van der Waals surface area (Å²) in [5, 5.41) is 9.95. The zero-order valence-electron chi connectivity index (χ0n) is 20.8. The fourth-order valence-electron chi connectivity index (χ4n) is 5.75. The number of hydrogen-bond acceptors (Lipinski definition) is 5. The first kappa shape index (κ1) is 25.4. The minimum Gasteiger partial charge on any atom is -0.508 e. The lowest BCUT2D eigenvalue weighted by atomic mass is 9.75. The summed E-state index contributed by atoms with van der Waals surface area (Å²) in [6, 6.07) is 13.8. The van der Waals surface area contributed by atoms with Crippen molar-refractivity contribution in [1.82, 2.24) is 0 Å². The summed E-state index contributed by atoms with van der Waals surface area (Å²) in [5.41, 5.74) is 1.97. The molecule has 2 heterocycles. The Morgan fingerprint density at radius 1 is 0.919 bits per heavy atom. The minimum atomic E-state index is -0.943. The topological polar surface area (TPSA) is 51.2 Å². The number of benzene rings is 3. The van der Waals surface area contributed by atoms with Gasteiger partial charge >= 0.3 is 0 Å². The molecule has 8 heteroatoms. The van der Waals surface area contributed by atoms with Crippen LogP contribution in [0.3, 0.4) is 0 Å². The predicted molar refractivity (Wildman–Crippen MR) is 134 cm³/mol. The third-order valence-electron chi connectivity index (χ3n) is 7.59. The molecule has 0 amide bonds. The maximum Gasteiger partial charge on any atom is 0.162 e. The Morgan fingerprint density at radius 3 is 2.38 bits per heavy atom. The molecule has 2 aliphatic rings. The van der Waals surface area contributed by atoms with Crippen molar-refractivity contribution in [2.24, 2.45) is 5.92 Å². The molecule has 0 bridgehead atoms. The quantitative estimate of drug-likeness (QED) is 0.413. The molecule has 1 N–H and O–H groups in total. The summed E-state index contributed by atoms with van der Waals surface area (Å²) < 4.78 is 61.2. The van der Waals surface area contributed by atoms with Crippen LogP contribution < -0.4 is 9.64 Å². The molecule has 2 aliphatic heterocycles. The van der Waals surface area contributed by atoms with E-state index in [0.29, 0.717) is 35.7 Å². The van der Waals surface area contributed by atoms with E-state index < -0.39 is 23.5 Å². The van der Waals surface area contributed by atoms with Gasteiger partial charge in [0.05, 0.1) is 12.3 Å². The highest BCUT2D eigenvalue weighted by molar-refractivity contribution is 5.55. The van der Waals surface area contributed by atoms with E-state index in [2.05, 4.69) is 0 Å². The maximum atomic E-state index is 15.6. The Kier molecular flexibility index (Phi) is 7.31. The number of piperidine rings is 1.